The Balaban J connectivity index is 1.90. The number of hydrogen-bond donors (Lipinski definition) is 2. The molecule has 0 saturated carbocycles. The van der Waals surface area contributed by atoms with Gasteiger partial charge >= 0.3 is 0 Å². The molecule has 1 aliphatic rings. The summed E-state index contributed by atoms with van der Waals surface area (Å²) in [5.41, 5.74) is 1.78. The minimum Gasteiger partial charge on any atom is -0.353 e. The van der Waals surface area contributed by atoms with Gasteiger partial charge in [-0.1, -0.05) is 6.07 Å². The summed E-state index contributed by atoms with van der Waals surface area (Å²) in [4.78, 5) is 6.26. The maximum absolute atomic E-state index is 13.8. The number of nitrogens with one attached hydrogen (secondary N) is 2. The Morgan fingerprint density at radius 1 is 1.43 bits per heavy atom. The summed E-state index contributed by atoms with van der Waals surface area (Å²) in [6, 6.07) is 5.78. The van der Waals surface area contributed by atoms with Crippen LogP contribution in [0.5, 0.6) is 0 Å². The van der Waals surface area contributed by atoms with Crippen molar-refractivity contribution in [1.82, 2.24) is 15.5 Å². The number of thioether (sulfide) groups is 1. The van der Waals surface area contributed by atoms with Crippen LogP contribution >= 0.6 is 11.8 Å². The summed E-state index contributed by atoms with van der Waals surface area (Å²) in [7, 11) is 5.67. The average Bonchev–Trinajstić information content (AvgIpc) is 2.54. The highest BCUT2D eigenvalue weighted by Gasteiger charge is 2.14. The van der Waals surface area contributed by atoms with Gasteiger partial charge in [0.1, 0.15) is 5.82 Å². The van der Waals surface area contributed by atoms with Crippen LogP contribution in [0.4, 0.5) is 4.39 Å². The Bertz CT molecular complexity index is 527. The maximum atomic E-state index is 13.8. The molecule has 1 saturated heterocycles. The van der Waals surface area contributed by atoms with Crippen molar-refractivity contribution in [3.05, 3.63) is 35.1 Å². The van der Waals surface area contributed by atoms with Gasteiger partial charge in [0.15, 0.2) is 5.96 Å². The molecule has 23 heavy (non-hydrogen) atoms. The van der Waals surface area contributed by atoms with E-state index in [2.05, 4.69) is 15.6 Å². The molecule has 0 aliphatic carbocycles. The quantitative estimate of drug-likeness (QED) is 0.639. The number of halogens is 1. The Morgan fingerprint density at radius 2 is 2.26 bits per heavy atom. The van der Waals surface area contributed by atoms with Gasteiger partial charge in [0.25, 0.3) is 0 Å². The van der Waals surface area contributed by atoms with E-state index in [1.165, 1.54) is 18.6 Å². The molecule has 0 radical (unpaired) electrons. The molecule has 6 heteroatoms. The SMILES string of the molecule is CN=C(NCc1ccc(F)c(CN(C)C)c1)NC1CCCSC1. The van der Waals surface area contributed by atoms with Crippen molar-refractivity contribution in [2.45, 2.75) is 32.0 Å². The predicted octanol–water partition coefficient (Wildman–Crippen LogP) is 2.45. The van der Waals surface area contributed by atoms with Crippen molar-refractivity contribution in [2.75, 3.05) is 32.6 Å². The first-order valence-electron chi connectivity index (χ1n) is 8.05. The van der Waals surface area contributed by atoms with E-state index in [9.17, 15) is 4.39 Å². The molecule has 1 atom stereocenters. The monoisotopic (exact) mass is 338 g/mol. The van der Waals surface area contributed by atoms with Crippen molar-refractivity contribution in [2.24, 2.45) is 4.99 Å². The average molecular weight is 338 g/mol. The smallest absolute Gasteiger partial charge is 0.191 e. The molecule has 2 N–H and O–H groups in total. The lowest BCUT2D eigenvalue weighted by molar-refractivity contribution is 0.392. The van der Waals surface area contributed by atoms with Gasteiger partial charge in [0, 0.05) is 37.5 Å². The Hall–Kier alpha value is -1.27. The third-order valence-corrected chi connectivity index (χ3v) is 5.00. The molecule has 0 amide bonds. The number of guanidine groups is 1. The summed E-state index contributed by atoms with van der Waals surface area (Å²) in [6.45, 7) is 1.24. The lowest BCUT2D eigenvalue weighted by Gasteiger charge is -2.24. The molecule has 0 spiro atoms. The molecule has 0 bridgehead atoms. The van der Waals surface area contributed by atoms with E-state index in [-0.39, 0.29) is 5.82 Å². The van der Waals surface area contributed by atoms with Crippen LogP contribution in [-0.4, -0.2) is 49.6 Å². The standard InChI is InChI=1S/C17H27FN4S/c1-19-17(21-15-5-4-8-23-12-15)20-10-13-6-7-16(18)14(9-13)11-22(2)3/h6-7,9,15H,4-5,8,10-12H2,1-3H3,(H2,19,20,21). The normalized spacial score (nSPS) is 19.0. The first-order valence-corrected chi connectivity index (χ1v) is 9.21. The number of hydrogen-bond acceptors (Lipinski definition) is 3. The molecular formula is C17H27FN4S. The molecular weight excluding hydrogens is 311 g/mol. The summed E-state index contributed by atoms with van der Waals surface area (Å²) in [6.07, 6.45) is 2.45. The second-order valence-electron chi connectivity index (χ2n) is 6.15. The fourth-order valence-corrected chi connectivity index (χ4v) is 3.70. The summed E-state index contributed by atoms with van der Waals surface area (Å²) in [5, 5.41) is 6.80. The largest absolute Gasteiger partial charge is 0.353 e. The van der Waals surface area contributed by atoms with E-state index >= 15 is 0 Å². The maximum Gasteiger partial charge on any atom is 0.191 e. The van der Waals surface area contributed by atoms with Crippen LogP contribution in [0.2, 0.25) is 0 Å². The zero-order valence-corrected chi connectivity index (χ0v) is 15.0. The van der Waals surface area contributed by atoms with Crippen molar-refractivity contribution in [3.8, 4) is 0 Å². The summed E-state index contributed by atoms with van der Waals surface area (Å²) in [5.74, 6) is 3.05. The third kappa shape index (κ3) is 6.03. The van der Waals surface area contributed by atoms with Crippen LogP contribution in [0.25, 0.3) is 0 Å². The second kappa shape index (κ2) is 9.13. The second-order valence-corrected chi connectivity index (χ2v) is 7.30. The molecule has 4 nitrogen and oxygen atoms in total. The van der Waals surface area contributed by atoms with Gasteiger partial charge in [-0.05, 0) is 50.4 Å². The Kier molecular flexibility index (Phi) is 7.17. The van der Waals surface area contributed by atoms with Gasteiger partial charge in [-0.25, -0.2) is 4.39 Å². The van der Waals surface area contributed by atoms with E-state index in [0.717, 1.165) is 22.8 Å². The molecule has 1 heterocycles. The van der Waals surface area contributed by atoms with Crippen LogP contribution in [0.15, 0.2) is 23.2 Å². The highest BCUT2D eigenvalue weighted by molar-refractivity contribution is 7.99. The first kappa shape index (κ1) is 18.1. The van der Waals surface area contributed by atoms with Gasteiger partial charge in [0.2, 0.25) is 0 Å². The van der Waals surface area contributed by atoms with Crippen LogP contribution in [0.3, 0.4) is 0 Å². The number of aliphatic imine (C=N–C) groups is 1. The van der Waals surface area contributed by atoms with Crippen molar-refractivity contribution in [1.29, 1.82) is 0 Å². The van der Waals surface area contributed by atoms with E-state index in [4.69, 9.17) is 0 Å². The summed E-state index contributed by atoms with van der Waals surface area (Å²) >= 11 is 1.99. The van der Waals surface area contributed by atoms with Gasteiger partial charge in [-0.3, -0.25) is 4.99 Å². The van der Waals surface area contributed by atoms with Crippen LogP contribution < -0.4 is 10.6 Å². The third-order valence-electron chi connectivity index (χ3n) is 3.78. The Morgan fingerprint density at radius 3 is 2.91 bits per heavy atom. The molecule has 1 fully saturated rings. The fourth-order valence-electron chi connectivity index (χ4n) is 2.63. The highest BCUT2D eigenvalue weighted by atomic mass is 32.2. The van der Waals surface area contributed by atoms with Crippen molar-refractivity contribution >= 4 is 17.7 Å². The minimum atomic E-state index is -0.149. The number of rotatable bonds is 5. The van der Waals surface area contributed by atoms with E-state index < -0.39 is 0 Å². The zero-order chi connectivity index (χ0) is 16.7. The zero-order valence-electron chi connectivity index (χ0n) is 14.2. The van der Waals surface area contributed by atoms with Crippen LogP contribution in [0, 0.1) is 5.82 Å². The van der Waals surface area contributed by atoms with Crippen molar-refractivity contribution in [3.63, 3.8) is 0 Å². The fraction of sp³-hybridized carbons (Fsp3) is 0.588. The van der Waals surface area contributed by atoms with E-state index in [1.807, 2.05) is 42.9 Å². The van der Waals surface area contributed by atoms with Crippen molar-refractivity contribution < 1.29 is 4.39 Å². The highest BCUT2D eigenvalue weighted by Crippen LogP contribution is 2.17. The minimum absolute atomic E-state index is 0.149. The molecule has 1 aromatic carbocycles. The van der Waals surface area contributed by atoms with Gasteiger partial charge in [0.05, 0.1) is 0 Å². The number of nitrogens with zero attached hydrogens (tertiary/aromatic N) is 2. The van der Waals surface area contributed by atoms with E-state index in [0.29, 0.717) is 19.1 Å². The molecule has 2 rings (SSSR count). The van der Waals surface area contributed by atoms with Gasteiger partial charge in [-0.15, -0.1) is 0 Å². The van der Waals surface area contributed by atoms with Crippen LogP contribution in [-0.2, 0) is 13.1 Å². The lowest BCUT2D eigenvalue weighted by Crippen LogP contribution is -2.45. The molecule has 0 aromatic heterocycles. The molecule has 1 aromatic rings. The van der Waals surface area contributed by atoms with E-state index in [1.54, 1.807) is 13.1 Å². The first-order chi connectivity index (χ1) is 11.1. The van der Waals surface area contributed by atoms with Gasteiger partial charge in [-0.2, -0.15) is 11.8 Å². The predicted molar refractivity (Wildman–Crippen MR) is 97.5 cm³/mol. The van der Waals surface area contributed by atoms with Crippen LogP contribution in [0.1, 0.15) is 24.0 Å². The topological polar surface area (TPSA) is 39.7 Å². The number of benzene rings is 1. The lowest BCUT2D eigenvalue weighted by atomic mass is 10.1. The molecule has 1 unspecified atom stereocenters. The van der Waals surface area contributed by atoms with Gasteiger partial charge < -0.3 is 15.5 Å². The molecule has 128 valence electrons. The Labute approximate surface area is 142 Å². The molecule has 1 aliphatic heterocycles. The summed E-state index contributed by atoms with van der Waals surface area (Å²) < 4.78 is 13.8.